The van der Waals surface area contributed by atoms with Crippen molar-refractivity contribution in [2.45, 2.75) is 13.0 Å². The Kier molecular flexibility index (Phi) is 6.71. The van der Waals surface area contributed by atoms with E-state index in [4.69, 9.17) is 11.6 Å². The number of thioether (sulfide) groups is 1. The lowest BCUT2D eigenvalue weighted by Crippen LogP contribution is -2.36. The number of amides is 1. The van der Waals surface area contributed by atoms with E-state index < -0.39 is 5.03 Å². The number of halogens is 1. The van der Waals surface area contributed by atoms with Gasteiger partial charge in [-0.25, -0.2) is 15.1 Å². The number of amidine groups is 1. The van der Waals surface area contributed by atoms with E-state index in [-0.39, 0.29) is 24.0 Å². The highest BCUT2D eigenvalue weighted by atomic mass is 35.5. The summed E-state index contributed by atoms with van der Waals surface area (Å²) in [5, 5.41) is 13.3. The highest BCUT2D eigenvalue weighted by Gasteiger charge is 2.23. The van der Waals surface area contributed by atoms with Gasteiger partial charge in [-0.3, -0.25) is 9.69 Å². The van der Waals surface area contributed by atoms with E-state index in [0.717, 1.165) is 17.3 Å². The molecule has 1 aromatic heterocycles. The van der Waals surface area contributed by atoms with Crippen LogP contribution in [-0.4, -0.2) is 32.2 Å². The molecule has 24 heavy (non-hydrogen) atoms. The maximum atomic E-state index is 12.7. The third kappa shape index (κ3) is 5.29. The zero-order valence-electron chi connectivity index (χ0n) is 12.6. The summed E-state index contributed by atoms with van der Waals surface area (Å²) in [6.45, 7) is 0.129. The maximum absolute atomic E-state index is 12.7. The Bertz CT molecular complexity index is 751. The van der Waals surface area contributed by atoms with Gasteiger partial charge < -0.3 is 0 Å². The van der Waals surface area contributed by atoms with E-state index in [1.807, 2.05) is 30.3 Å². The van der Waals surface area contributed by atoms with Gasteiger partial charge in [-0.05, 0) is 11.8 Å². The molecule has 0 spiro atoms. The topological polar surface area (TPSA) is 88.7 Å². The monoisotopic (exact) mass is 384 g/mol. The minimum atomic E-state index is -0.811. The lowest BCUT2D eigenvalue weighted by molar-refractivity contribution is -0.485. The second-order valence-corrected chi connectivity index (χ2v) is 7.02. The van der Waals surface area contributed by atoms with Gasteiger partial charge in [0.15, 0.2) is 9.50 Å². The number of rotatable bonds is 5. The Hall–Kier alpha value is -1.97. The molecule has 10 heteroatoms. The molecule has 0 saturated heterocycles. The molecule has 1 aromatic carbocycles. The number of carbonyl (C=O) groups excluding carboxylic acids is 1. The number of carbonyl (C=O) groups is 1. The minimum absolute atomic E-state index is 0.0189. The lowest BCUT2D eigenvalue weighted by Gasteiger charge is -2.20. The number of benzene rings is 1. The summed E-state index contributed by atoms with van der Waals surface area (Å²) in [7, 11) is 0. The molecule has 0 fully saturated rings. The number of hydrazone groups is 1. The highest BCUT2D eigenvalue weighted by molar-refractivity contribution is 8.13. The Morgan fingerprint density at radius 1 is 1.46 bits per heavy atom. The van der Waals surface area contributed by atoms with Gasteiger partial charge in [-0.1, -0.05) is 53.7 Å². The number of nitro groups is 1. The van der Waals surface area contributed by atoms with Gasteiger partial charge in [0.1, 0.15) is 0 Å². The molecule has 2 aromatic rings. The second-order valence-electron chi connectivity index (χ2n) is 4.55. The number of hydrogen-bond donors (Lipinski definition) is 0. The predicted molar refractivity (Wildman–Crippen MR) is 95.8 cm³/mol. The summed E-state index contributed by atoms with van der Waals surface area (Å²) in [5.74, 6) is -0.291. The van der Waals surface area contributed by atoms with Crippen LogP contribution in [0.3, 0.4) is 0 Å². The van der Waals surface area contributed by atoms with Crippen molar-refractivity contribution < 1.29 is 9.83 Å². The summed E-state index contributed by atoms with van der Waals surface area (Å²) in [6, 6.07) is 9.16. The number of nitrogens with zero attached hydrogens (tertiary/aromatic N) is 4. The first-order chi connectivity index (χ1) is 11.5. The van der Waals surface area contributed by atoms with Gasteiger partial charge in [0.25, 0.3) is 0 Å². The average Bonchev–Trinajstić information content (AvgIpc) is 2.96. The molecule has 0 aliphatic carbocycles. The maximum Gasteiger partial charge on any atom is 0.244 e. The van der Waals surface area contributed by atoms with E-state index in [1.165, 1.54) is 16.2 Å². The van der Waals surface area contributed by atoms with Crippen LogP contribution in [-0.2, 0) is 17.8 Å². The summed E-state index contributed by atoms with van der Waals surface area (Å²) in [5.41, 5.74) is 0.816. The molecule has 0 radical (unpaired) electrons. The van der Waals surface area contributed by atoms with Gasteiger partial charge in [0.05, 0.1) is 18.1 Å². The van der Waals surface area contributed by atoms with Crippen molar-refractivity contribution in [1.82, 2.24) is 9.88 Å². The molecule has 2 rings (SSSR count). The molecule has 0 N–H and O–H groups in total. The molecule has 0 aliphatic heterocycles. The van der Waals surface area contributed by atoms with Crippen molar-refractivity contribution in [3.05, 3.63) is 61.6 Å². The minimum Gasteiger partial charge on any atom is -0.281 e. The second kappa shape index (κ2) is 8.76. The van der Waals surface area contributed by atoms with Crippen molar-refractivity contribution in [3.8, 4) is 0 Å². The summed E-state index contributed by atoms with van der Waals surface area (Å²) >= 11 is 8.06. The van der Waals surface area contributed by atoms with Crippen LogP contribution in [0.5, 0.6) is 0 Å². The molecule has 0 saturated carbocycles. The van der Waals surface area contributed by atoms with Crippen LogP contribution < -0.4 is 0 Å². The van der Waals surface area contributed by atoms with Crippen molar-refractivity contribution in [3.63, 3.8) is 0 Å². The first-order valence-electron chi connectivity index (χ1n) is 6.71. The SMILES string of the molecule is CSC(=N[N+](=O)[O-])N(Cc1cnc(Cl)s1)C(=O)Cc1ccccc1. The molecule has 0 aliphatic rings. The molecule has 1 heterocycles. The molecule has 126 valence electrons. The normalized spacial score (nSPS) is 11.3. The molecule has 0 atom stereocenters. The van der Waals surface area contributed by atoms with Gasteiger partial charge in [-0.2, -0.15) is 0 Å². The fourth-order valence-electron chi connectivity index (χ4n) is 1.92. The highest BCUT2D eigenvalue weighted by Crippen LogP contribution is 2.21. The van der Waals surface area contributed by atoms with E-state index in [2.05, 4.69) is 10.1 Å². The van der Waals surface area contributed by atoms with Crippen LogP contribution in [0.15, 0.2) is 41.6 Å². The van der Waals surface area contributed by atoms with Gasteiger partial charge in [0.2, 0.25) is 11.1 Å². The molecule has 0 bridgehead atoms. The molecular weight excluding hydrogens is 372 g/mol. The summed E-state index contributed by atoms with van der Waals surface area (Å²) < 4.78 is 0.345. The Morgan fingerprint density at radius 3 is 2.71 bits per heavy atom. The van der Waals surface area contributed by atoms with Crippen LogP contribution in [0.25, 0.3) is 0 Å². The van der Waals surface area contributed by atoms with Gasteiger partial charge >= 0.3 is 0 Å². The average molecular weight is 385 g/mol. The van der Waals surface area contributed by atoms with E-state index in [9.17, 15) is 14.9 Å². The van der Waals surface area contributed by atoms with Crippen molar-refractivity contribution >= 4 is 45.8 Å². The van der Waals surface area contributed by atoms with E-state index >= 15 is 0 Å². The Morgan fingerprint density at radius 2 is 2.17 bits per heavy atom. The summed E-state index contributed by atoms with van der Waals surface area (Å²) in [6.07, 6.45) is 3.29. The zero-order chi connectivity index (χ0) is 17.5. The predicted octanol–water partition coefficient (Wildman–Crippen LogP) is 3.28. The molecule has 1 amide bonds. The van der Waals surface area contributed by atoms with Gasteiger partial charge in [0, 0.05) is 11.1 Å². The first-order valence-corrected chi connectivity index (χ1v) is 9.13. The standard InChI is InChI=1S/C14H13ClN4O3S2/c1-23-14(17-19(21)22)18(9-11-8-16-13(15)24-11)12(20)7-10-5-3-2-4-6-10/h2-6,8H,7,9H2,1H3. The lowest BCUT2D eigenvalue weighted by atomic mass is 10.1. The Labute approximate surface area is 151 Å². The molecule has 7 nitrogen and oxygen atoms in total. The smallest absolute Gasteiger partial charge is 0.244 e. The van der Waals surface area contributed by atoms with E-state index in [0.29, 0.717) is 9.34 Å². The third-order valence-corrected chi connectivity index (χ3v) is 4.69. The van der Waals surface area contributed by atoms with Crippen LogP contribution in [0, 0.1) is 10.1 Å². The van der Waals surface area contributed by atoms with Crippen molar-refractivity contribution in [1.29, 1.82) is 0 Å². The fourth-order valence-corrected chi connectivity index (χ4v) is 3.42. The molecule has 0 unspecified atom stereocenters. The Balaban J connectivity index is 2.26. The number of hydrogen-bond acceptors (Lipinski definition) is 6. The fraction of sp³-hybridized carbons (Fsp3) is 0.214. The van der Waals surface area contributed by atoms with Crippen LogP contribution >= 0.6 is 34.7 Å². The van der Waals surface area contributed by atoms with E-state index in [1.54, 1.807) is 12.5 Å². The zero-order valence-corrected chi connectivity index (χ0v) is 15.0. The number of thiazole rings is 1. The quantitative estimate of drug-likeness (QED) is 0.341. The van der Waals surface area contributed by atoms with Crippen molar-refractivity contribution in [2.75, 3.05) is 6.26 Å². The van der Waals surface area contributed by atoms with Crippen LogP contribution in [0.1, 0.15) is 10.4 Å². The number of aromatic nitrogens is 1. The van der Waals surface area contributed by atoms with Crippen LogP contribution in [0.4, 0.5) is 0 Å². The molecular formula is C14H13ClN4O3S2. The third-order valence-electron chi connectivity index (χ3n) is 2.92. The first kappa shape index (κ1) is 18.4. The largest absolute Gasteiger partial charge is 0.281 e. The van der Waals surface area contributed by atoms with Gasteiger partial charge in [-0.15, -0.1) is 11.3 Å². The summed E-state index contributed by atoms with van der Waals surface area (Å²) in [4.78, 5) is 29.3. The van der Waals surface area contributed by atoms with Crippen LogP contribution in [0.2, 0.25) is 4.47 Å². The van der Waals surface area contributed by atoms with Crippen molar-refractivity contribution in [2.24, 2.45) is 5.10 Å².